The summed E-state index contributed by atoms with van der Waals surface area (Å²) in [4.78, 5) is 11.8. The number of carbonyl (C=O) groups excluding carboxylic acids is 1. The minimum Gasteiger partial charge on any atom is -0.392 e. The summed E-state index contributed by atoms with van der Waals surface area (Å²) in [6.45, 7) is 3.85. The maximum Gasteiger partial charge on any atom is 0.270 e. The highest BCUT2D eigenvalue weighted by Crippen LogP contribution is 2.07. The Bertz CT molecular complexity index is 449. The molecule has 0 saturated carbocycles. The van der Waals surface area contributed by atoms with E-state index in [0.717, 1.165) is 0 Å². The Hall–Kier alpha value is -1.92. The van der Waals surface area contributed by atoms with Crippen molar-refractivity contribution in [2.24, 2.45) is 0 Å². The van der Waals surface area contributed by atoms with Gasteiger partial charge in [0, 0.05) is 12.1 Å². The standard InChI is InChI=1S/C12H15N3O2S/c1-2-7-13-12(18)15-14-11(17)10-6-4-3-5-9(10)8-16/h2-6,16H,1,7-8H2,(H,14,17)(H2,13,15,18). The third-order valence-corrected chi connectivity index (χ3v) is 2.38. The zero-order chi connectivity index (χ0) is 13.4. The molecule has 0 saturated heterocycles. The molecule has 0 unspecified atom stereocenters. The Balaban J connectivity index is 2.55. The second kappa shape index (κ2) is 7.41. The summed E-state index contributed by atoms with van der Waals surface area (Å²) >= 11 is 4.91. The van der Waals surface area contributed by atoms with Gasteiger partial charge in [0.05, 0.1) is 6.61 Å². The van der Waals surface area contributed by atoms with Gasteiger partial charge in [-0.15, -0.1) is 6.58 Å². The summed E-state index contributed by atoms with van der Waals surface area (Å²) in [7, 11) is 0. The molecule has 1 aromatic carbocycles. The lowest BCUT2D eigenvalue weighted by Crippen LogP contribution is -2.46. The van der Waals surface area contributed by atoms with Crippen molar-refractivity contribution in [2.75, 3.05) is 6.54 Å². The largest absolute Gasteiger partial charge is 0.392 e. The molecule has 5 nitrogen and oxygen atoms in total. The molecular weight excluding hydrogens is 250 g/mol. The lowest BCUT2D eigenvalue weighted by molar-refractivity contribution is 0.0940. The normalized spacial score (nSPS) is 9.39. The first kappa shape index (κ1) is 14.1. The van der Waals surface area contributed by atoms with Crippen molar-refractivity contribution in [3.05, 3.63) is 48.0 Å². The first-order valence-electron chi connectivity index (χ1n) is 5.33. The van der Waals surface area contributed by atoms with Crippen LogP contribution in [-0.2, 0) is 6.61 Å². The molecule has 1 aromatic rings. The van der Waals surface area contributed by atoms with Crippen molar-refractivity contribution in [3.63, 3.8) is 0 Å². The highest BCUT2D eigenvalue weighted by molar-refractivity contribution is 7.80. The average Bonchev–Trinajstić information content (AvgIpc) is 2.42. The SMILES string of the molecule is C=CCNC(=S)NNC(=O)c1ccccc1CO. The Labute approximate surface area is 111 Å². The molecule has 0 atom stereocenters. The molecule has 0 fully saturated rings. The monoisotopic (exact) mass is 265 g/mol. The van der Waals surface area contributed by atoms with Crippen molar-refractivity contribution in [2.45, 2.75) is 6.61 Å². The molecule has 0 aliphatic carbocycles. The van der Waals surface area contributed by atoms with E-state index in [1.165, 1.54) is 0 Å². The molecule has 0 aliphatic heterocycles. The van der Waals surface area contributed by atoms with Crippen LogP contribution in [0.1, 0.15) is 15.9 Å². The summed E-state index contributed by atoms with van der Waals surface area (Å²) in [5.41, 5.74) is 5.96. The zero-order valence-electron chi connectivity index (χ0n) is 9.77. The van der Waals surface area contributed by atoms with Gasteiger partial charge in [0.2, 0.25) is 0 Å². The van der Waals surface area contributed by atoms with Gasteiger partial charge in [-0.1, -0.05) is 24.3 Å². The number of hydrazine groups is 1. The smallest absolute Gasteiger partial charge is 0.270 e. The van der Waals surface area contributed by atoms with E-state index in [1.807, 2.05) is 0 Å². The number of nitrogens with one attached hydrogen (secondary N) is 3. The van der Waals surface area contributed by atoms with Crippen LogP contribution in [0.3, 0.4) is 0 Å². The maximum absolute atomic E-state index is 11.8. The van der Waals surface area contributed by atoms with Crippen molar-refractivity contribution in [3.8, 4) is 0 Å². The number of hydrogen-bond donors (Lipinski definition) is 4. The number of thiocarbonyl (C=S) groups is 1. The van der Waals surface area contributed by atoms with Gasteiger partial charge in [-0.25, -0.2) is 0 Å². The molecule has 0 heterocycles. The second-order valence-electron chi connectivity index (χ2n) is 3.39. The predicted molar refractivity (Wildman–Crippen MR) is 73.8 cm³/mol. The van der Waals surface area contributed by atoms with Gasteiger partial charge < -0.3 is 10.4 Å². The number of amides is 1. The van der Waals surface area contributed by atoms with Gasteiger partial charge in [0.15, 0.2) is 5.11 Å². The van der Waals surface area contributed by atoms with Crippen molar-refractivity contribution < 1.29 is 9.90 Å². The fraction of sp³-hybridized carbons (Fsp3) is 0.167. The Morgan fingerprint density at radius 2 is 2.11 bits per heavy atom. The fourth-order valence-corrected chi connectivity index (χ4v) is 1.40. The number of aliphatic hydroxyl groups is 1. The van der Waals surface area contributed by atoms with E-state index in [0.29, 0.717) is 22.8 Å². The van der Waals surface area contributed by atoms with Gasteiger partial charge in [-0.2, -0.15) is 0 Å². The van der Waals surface area contributed by atoms with Gasteiger partial charge in [0.1, 0.15) is 0 Å². The predicted octanol–water partition coefficient (Wildman–Crippen LogP) is 0.474. The second-order valence-corrected chi connectivity index (χ2v) is 3.80. The van der Waals surface area contributed by atoms with E-state index >= 15 is 0 Å². The van der Waals surface area contributed by atoms with Crippen molar-refractivity contribution >= 4 is 23.2 Å². The molecule has 6 heteroatoms. The van der Waals surface area contributed by atoms with E-state index in [1.54, 1.807) is 30.3 Å². The third kappa shape index (κ3) is 4.15. The van der Waals surface area contributed by atoms with Crippen LogP contribution in [0.4, 0.5) is 0 Å². The number of hydrogen-bond acceptors (Lipinski definition) is 3. The van der Waals surface area contributed by atoms with Gasteiger partial charge in [0.25, 0.3) is 5.91 Å². The summed E-state index contributed by atoms with van der Waals surface area (Å²) < 4.78 is 0. The third-order valence-electron chi connectivity index (χ3n) is 2.13. The summed E-state index contributed by atoms with van der Waals surface area (Å²) in [5.74, 6) is -0.359. The van der Waals surface area contributed by atoms with Crippen LogP contribution >= 0.6 is 12.2 Å². The molecule has 4 N–H and O–H groups in total. The van der Waals surface area contributed by atoms with E-state index in [4.69, 9.17) is 17.3 Å². The number of rotatable bonds is 4. The van der Waals surface area contributed by atoms with E-state index in [-0.39, 0.29) is 12.5 Å². The summed E-state index contributed by atoms with van der Waals surface area (Å²) in [6, 6.07) is 6.79. The average molecular weight is 265 g/mol. The van der Waals surface area contributed by atoms with Crippen LogP contribution in [0.15, 0.2) is 36.9 Å². The van der Waals surface area contributed by atoms with Crippen LogP contribution < -0.4 is 16.2 Å². The molecule has 0 spiro atoms. The van der Waals surface area contributed by atoms with E-state index < -0.39 is 0 Å². The quantitative estimate of drug-likeness (QED) is 0.362. The maximum atomic E-state index is 11.8. The van der Waals surface area contributed by atoms with Crippen molar-refractivity contribution in [1.29, 1.82) is 0 Å². The van der Waals surface area contributed by atoms with Gasteiger partial charge >= 0.3 is 0 Å². The minimum absolute atomic E-state index is 0.192. The molecule has 96 valence electrons. The number of carbonyl (C=O) groups is 1. The number of aliphatic hydroxyl groups excluding tert-OH is 1. The Morgan fingerprint density at radius 3 is 2.78 bits per heavy atom. The Morgan fingerprint density at radius 1 is 1.39 bits per heavy atom. The fourth-order valence-electron chi connectivity index (χ4n) is 1.27. The van der Waals surface area contributed by atoms with Crippen LogP contribution in [0.25, 0.3) is 0 Å². The molecule has 0 bridgehead atoms. The first-order valence-corrected chi connectivity index (χ1v) is 5.73. The van der Waals surface area contributed by atoms with Crippen LogP contribution in [-0.4, -0.2) is 22.7 Å². The molecular formula is C12H15N3O2S. The molecule has 0 aliphatic rings. The number of benzene rings is 1. The van der Waals surface area contributed by atoms with Gasteiger partial charge in [-0.3, -0.25) is 15.6 Å². The zero-order valence-corrected chi connectivity index (χ0v) is 10.6. The first-order chi connectivity index (χ1) is 8.69. The highest BCUT2D eigenvalue weighted by Gasteiger charge is 2.09. The minimum atomic E-state index is -0.359. The topological polar surface area (TPSA) is 73.4 Å². The van der Waals surface area contributed by atoms with Crippen LogP contribution in [0, 0.1) is 0 Å². The van der Waals surface area contributed by atoms with E-state index in [2.05, 4.69) is 22.7 Å². The lowest BCUT2D eigenvalue weighted by Gasteiger charge is -2.11. The lowest BCUT2D eigenvalue weighted by atomic mass is 10.1. The molecule has 1 amide bonds. The summed E-state index contributed by atoms with van der Waals surface area (Å²) in [6.07, 6.45) is 1.65. The highest BCUT2D eigenvalue weighted by atomic mass is 32.1. The molecule has 1 rings (SSSR count). The summed E-state index contributed by atoms with van der Waals surface area (Å²) in [5, 5.41) is 12.2. The molecule has 0 radical (unpaired) electrons. The Kier molecular flexibility index (Phi) is 5.83. The van der Waals surface area contributed by atoms with Gasteiger partial charge in [-0.05, 0) is 23.8 Å². The van der Waals surface area contributed by atoms with Crippen LogP contribution in [0.2, 0.25) is 0 Å². The van der Waals surface area contributed by atoms with Crippen molar-refractivity contribution in [1.82, 2.24) is 16.2 Å². The van der Waals surface area contributed by atoms with Crippen LogP contribution in [0.5, 0.6) is 0 Å². The van der Waals surface area contributed by atoms with E-state index in [9.17, 15) is 4.79 Å². The molecule has 0 aromatic heterocycles. The molecule has 18 heavy (non-hydrogen) atoms.